The van der Waals surface area contributed by atoms with Crippen LogP contribution in [0.5, 0.6) is 0 Å². The molecule has 0 atom stereocenters. The van der Waals surface area contributed by atoms with Crippen molar-refractivity contribution in [2.75, 3.05) is 17.3 Å². The zero-order valence-electron chi connectivity index (χ0n) is 11.6. The Morgan fingerprint density at radius 2 is 2.17 bits per heavy atom. The molecule has 8 heteroatoms. The summed E-state index contributed by atoms with van der Waals surface area (Å²) in [6.45, 7) is 0.268. The van der Waals surface area contributed by atoms with E-state index in [9.17, 15) is 10.1 Å². The smallest absolute Gasteiger partial charge is 0.243 e. The van der Waals surface area contributed by atoms with E-state index in [1.165, 1.54) is 15.8 Å². The summed E-state index contributed by atoms with van der Waals surface area (Å²) in [5.74, 6) is -0.110. The number of carbonyl (C=O) groups is 1. The van der Waals surface area contributed by atoms with Gasteiger partial charge in [-0.05, 0) is 24.3 Å². The summed E-state index contributed by atoms with van der Waals surface area (Å²) < 4.78 is 1.50. The molecule has 0 aliphatic carbocycles. The first-order valence-corrected chi connectivity index (χ1v) is 7.86. The Hall–Kier alpha value is -2.00. The van der Waals surface area contributed by atoms with Gasteiger partial charge in [0.25, 0.3) is 0 Å². The van der Waals surface area contributed by atoms with Gasteiger partial charge in [-0.1, -0.05) is 23.2 Å². The van der Waals surface area contributed by atoms with E-state index < -0.39 is 0 Å². The van der Waals surface area contributed by atoms with Crippen LogP contribution < -0.4 is 4.90 Å². The van der Waals surface area contributed by atoms with Crippen LogP contribution in [0.3, 0.4) is 0 Å². The highest BCUT2D eigenvalue weighted by Crippen LogP contribution is 2.34. The van der Waals surface area contributed by atoms with Crippen molar-refractivity contribution >= 4 is 52.2 Å². The SMILES string of the molecule is N#Cc1cnn2c1N(C(=O)CCl)CC=C2c1cc(Cl)ccc1Cl. The Labute approximate surface area is 147 Å². The van der Waals surface area contributed by atoms with Gasteiger partial charge in [-0.25, -0.2) is 4.68 Å². The Balaban J connectivity index is 2.18. The quantitative estimate of drug-likeness (QED) is 0.763. The molecule has 0 spiro atoms. The van der Waals surface area contributed by atoms with Gasteiger partial charge in [0.1, 0.15) is 17.5 Å². The Bertz CT molecular complexity index is 866. The molecule has 1 aliphatic heterocycles. The van der Waals surface area contributed by atoms with E-state index in [0.29, 0.717) is 27.1 Å². The van der Waals surface area contributed by atoms with Gasteiger partial charge in [0.05, 0.1) is 16.9 Å². The van der Waals surface area contributed by atoms with Crippen LogP contribution in [0.15, 0.2) is 30.5 Å². The number of fused-ring (bicyclic) bond motifs is 1. The molecule has 2 heterocycles. The molecule has 23 heavy (non-hydrogen) atoms. The Kier molecular flexibility index (Phi) is 4.31. The first kappa shape index (κ1) is 15.9. The van der Waals surface area contributed by atoms with Crippen molar-refractivity contribution < 1.29 is 4.79 Å². The Morgan fingerprint density at radius 1 is 1.39 bits per heavy atom. The van der Waals surface area contributed by atoms with Gasteiger partial charge in [-0.3, -0.25) is 9.69 Å². The fourth-order valence-electron chi connectivity index (χ4n) is 2.42. The average molecular weight is 368 g/mol. The molecule has 0 bridgehead atoms. The lowest BCUT2D eigenvalue weighted by Gasteiger charge is -2.27. The first-order valence-electron chi connectivity index (χ1n) is 6.57. The lowest BCUT2D eigenvalue weighted by atomic mass is 10.1. The molecule has 0 radical (unpaired) electrons. The minimum atomic E-state index is -0.308. The van der Waals surface area contributed by atoms with Crippen molar-refractivity contribution in [3.05, 3.63) is 51.6 Å². The van der Waals surface area contributed by atoms with Crippen LogP contribution in [-0.2, 0) is 4.79 Å². The predicted molar refractivity (Wildman–Crippen MR) is 89.9 cm³/mol. The highest BCUT2D eigenvalue weighted by molar-refractivity contribution is 6.34. The fourth-order valence-corrected chi connectivity index (χ4v) is 2.95. The van der Waals surface area contributed by atoms with Gasteiger partial charge in [0.15, 0.2) is 5.82 Å². The highest BCUT2D eigenvalue weighted by Gasteiger charge is 2.28. The van der Waals surface area contributed by atoms with E-state index in [1.54, 1.807) is 24.3 Å². The number of amides is 1. The lowest BCUT2D eigenvalue weighted by Crippen LogP contribution is -2.37. The number of nitriles is 1. The predicted octanol–water partition coefficient (Wildman–Crippen LogP) is 3.54. The van der Waals surface area contributed by atoms with E-state index in [0.717, 1.165) is 0 Å². The molecular weight excluding hydrogens is 359 g/mol. The summed E-state index contributed by atoms with van der Waals surface area (Å²) in [5.41, 5.74) is 1.62. The van der Waals surface area contributed by atoms with Crippen LogP contribution in [-0.4, -0.2) is 28.1 Å². The van der Waals surface area contributed by atoms with Crippen molar-refractivity contribution in [1.82, 2.24) is 9.78 Å². The number of benzene rings is 1. The zero-order chi connectivity index (χ0) is 16.6. The normalized spacial score (nSPS) is 13.3. The molecule has 1 aromatic heterocycles. The second kappa shape index (κ2) is 6.25. The molecular formula is C15H9Cl3N4O. The number of anilines is 1. The van der Waals surface area contributed by atoms with Gasteiger partial charge in [-0.15, -0.1) is 11.6 Å². The standard InChI is InChI=1S/C15H9Cl3N4O/c16-6-14(23)21-4-3-13(11-5-10(17)1-2-12(11)18)22-15(21)9(7-19)8-20-22/h1-3,5,8H,4,6H2. The second-order valence-electron chi connectivity index (χ2n) is 4.76. The number of nitrogens with zero attached hydrogens (tertiary/aromatic N) is 4. The van der Waals surface area contributed by atoms with Crippen LogP contribution in [0.4, 0.5) is 5.82 Å². The third-order valence-electron chi connectivity index (χ3n) is 3.44. The fraction of sp³-hybridized carbons (Fsp3) is 0.133. The molecule has 1 aliphatic rings. The zero-order valence-corrected chi connectivity index (χ0v) is 13.9. The number of halogens is 3. The number of hydrogen-bond acceptors (Lipinski definition) is 3. The molecule has 5 nitrogen and oxygen atoms in total. The van der Waals surface area contributed by atoms with Crippen LogP contribution in [0.25, 0.3) is 5.70 Å². The van der Waals surface area contributed by atoms with E-state index in [4.69, 9.17) is 34.8 Å². The summed E-state index contributed by atoms with van der Waals surface area (Å²) in [6, 6.07) is 7.12. The summed E-state index contributed by atoms with van der Waals surface area (Å²) in [5, 5.41) is 14.5. The van der Waals surface area contributed by atoms with Crippen molar-refractivity contribution in [2.45, 2.75) is 0 Å². The molecule has 1 amide bonds. The van der Waals surface area contributed by atoms with Gasteiger partial charge in [-0.2, -0.15) is 10.4 Å². The summed E-state index contributed by atoms with van der Waals surface area (Å²) in [7, 11) is 0. The topological polar surface area (TPSA) is 61.9 Å². The maximum atomic E-state index is 12.0. The minimum absolute atomic E-state index is 0.183. The monoisotopic (exact) mass is 366 g/mol. The summed E-state index contributed by atoms with van der Waals surface area (Å²) in [6.07, 6.45) is 3.20. The van der Waals surface area contributed by atoms with Crippen molar-refractivity contribution in [3.8, 4) is 6.07 Å². The third kappa shape index (κ3) is 2.70. The average Bonchev–Trinajstić information content (AvgIpc) is 2.99. The molecule has 0 N–H and O–H groups in total. The van der Waals surface area contributed by atoms with Gasteiger partial charge in [0.2, 0.25) is 5.91 Å². The van der Waals surface area contributed by atoms with Gasteiger partial charge >= 0.3 is 0 Å². The molecule has 0 unspecified atom stereocenters. The number of aromatic nitrogens is 2. The van der Waals surface area contributed by atoms with Crippen LogP contribution in [0.2, 0.25) is 10.0 Å². The number of carbonyl (C=O) groups excluding carboxylic acids is 1. The number of alkyl halides is 1. The summed E-state index contributed by atoms with van der Waals surface area (Å²) in [4.78, 5) is 13.4. The van der Waals surface area contributed by atoms with Gasteiger partial charge in [0, 0.05) is 17.1 Å². The second-order valence-corrected chi connectivity index (χ2v) is 5.87. The minimum Gasteiger partial charge on any atom is -0.291 e. The number of hydrogen-bond donors (Lipinski definition) is 0. The molecule has 3 rings (SSSR count). The maximum absolute atomic E-state index is 12.0. The van der Waals surface area contributed by atoms with Crippen LogP contribution in [0.1, 0.15) is 11.1 Å². The van der Waals surface area contributed by atoms with Gasteiger partial charge < -0.3 is 0 Å². The molecule has 0 saturated heterocycles. The molecule has 2 aromatic rings. The van der Waals surface area contributed by atoms with Crippen molar-refractivity contribution in [2.24, 2.45) is 0 Å². The van der Waals surface area contributed by atoms with E-state index in [2.05, 4.69) is 5.10 Å². The van der Waals surface area contributed by atoms with Crippen molar-refractivity contribution in [3.63, 3.8) is 0 Å². The molecule has 0 fully saturated rings. The first-order chi connectivity index (χ1) is 11.1. The third-order valence-corrected chi connectivity index (χ3v) is 4.23. The molecule has 116 valence electrons. The molecule has 0 saturated carbocycles. The van der Waals surface area contributed by atoms with E-state index in [-0.39, 0.29) is 23.9 Å². The summed E-state index contributed by atoms with van der Waals surface area (Å²) >= 11 is 18.0. The lowest BCUT2D eigenvalue weighted by molar-refractivity contribution is -0.116. The molecule has 1 aromatic carbocycles. The van der Waals surface area contributed by atoms with E-state index >= 15 is 0 Å². The van der Waals surface area contributed by atoms with Crippen molar-refractivity contribution in [1.29, 1.82) is 5.26 Å². The van der Waals surface area contributed by atoms with Crippen LogP contribution >= 0.6 is 34.8 Å². The maximum Gasteiger partial charge on any atom is 0.243 e. The largest absolute Gasteiger partial charge is 0.291 e. The van der Waals surface area contributed by atoms with Crippen LogP contribution in [0, 0.1) is 11.3 Å². The van der Waals surface area contributed by atoms with E-state index in [1.807, 2.05) is 6.07 Å². The number of rotatable bonds is 2. The Morgan fingerprint density at radius 3 is 2.87 bits per heavy atom. The highest BCUT2D eigenvalue weighted by atomic mass is 35.5.